The molecule has 1 aromatic heterocycles. The molecule has 0 unspecified atom stereocenters. The quantitative estimate of drug-likeness (QED) is 0.534. The van der Waals surface area contributed by atoms with Crippen LogP contribution in [0.15, 0.2) is 30.5 Å². The highest BCUT2D eigenvalue weighted by molar-refractivity contribution is 6.33. The van der Waals surface area contributed by atoms with Gasteiger partial charge in [-0.3, -0.25) is 14.6 Å². The molecule has 1 aliphatic heterocycles. The maximum Gasteiger partial charge on any atom is 0.274 e. The standard InChI is InChI=1S/C23H30ClN7O2/c1-17(2)14-27-31(22-20(24)15-26-21(13-25)28-22)23(33)19-5-3-4-18(12-19)16-30-8-6-29(7-9-30)10-11-32/h3-5,12,15,17,27,32H,6-11,14,16H2,1-2H3. The molecular formula is C23H30ClN7O2. The molecule has 2 heterocycles. The van der Waals surface area contributed by atoms with Crippen LogP contribution in [0.2, 0.25) is 5.02 Å². The lowest BCUT2D eigenvalue weighted by Gasteiger charge is -2.34. The molecule has 0 aliphatic carbocycles. The van der Waals surface area contributed by atoms with E-state index < -0.39 is 0 Å². The first-order valence-corrected chi connectivity index (χ1v) is 11.4. The van der Waals surface area contributed by atoms with Crippen molar-refractivity contribution in [3.8, 4) is 6.07 Å². The number of piperazine rings is 1. The third-order valence-corrected chi connectivity index (χ3v) is 5.63. The van der Waals surface area contributed by atoms with Crippen LogP contribution in [0.25, 0.3) is 0 Å². The number of aliphatic hydroxyl groups is 1. The van der Waals surface area contributed by atoms with Crippen LogP contribution in [0.5, 0.6) is 0 Å². The van der Waals surface area contributed by atoms with Gasteiger partial charge in [-0.05, 0) is 23.6 Å². The molecule has 0 atom stereocenters. The summed E-state index contributed by atoms with van der Waals surface area (Å²) in [5.41, 5.74) is 4.64. The number of nitrogens with zero attached hydrogens (tertiary/aromatic N) is 6. The van der Waals surface area contributed by atoms with Crippen LogP contribution >= 0.6 is 11.6 Å². The number of rotatable bonds is 9. The topological polar surface area (TPSA) is 109 Å². The van der Waals surface area contributed by atoms with E-state index in [1.54, 1.807) is 6.07 Å². The lowest BCUT2D eigenvalue weighted by molar-refractivity contribution is 0.0971. The maximum absolute atomic E-state index is 13.5. The molecule has 1 aromatic carbocycles. The Balaban J connectivity index is 1.78. The van der Waals surface area contributed by atoms with Gasteiger partial charge in [0.1, 0.15) is 11.1 Å². The molecule has 0 spiro atoms. The molecule has 33 heavy (non-hydrogen) atoms. The molecule has 0 bridgehead atoms. The Morgan fingerprint density at radius 2 is 2.03 bits per heavy atom. The van der Waals surface area contributed by atoms with Crippen molar-refractivity contribution in [1.29, 1.82) is 5.26 Å². The van der Waals surface area contributed by atoms with Crippen molar-refractivity contribution in [2.45, 2.75) is 20.4 Å². The van der Waals surface area contributed by atoms with Gasteiger partial charge in [0.05, 0.1) is 12.8 Å². The van der Waals surface area contributed by atoms with E-state index in [-0.39, 0.29) is 35.1 Å². The highest BCUT2D eigenvalue weighted by atomic mass is 35.5. The molecular weight excluding hydrogens is 442 g/mol. The Hall–Kier alpha value is -2.61. The Bertz CT molecular complexity index is 987. The third-order valence-electron chi connectivity index (χ3n) is 5.36. The lowest BCUT2D eigenvalue weighted by atomic mass is 10.1. The Morgan fingerprint density at radius 3 is 2.70 bits per heavy atom. The number of halogens is 1. The molecule has 2 aromatic rings. The zero-order chi connectivity index (χ0) is 23.8. The molecule has 1 saturated heterocycles. The van der Waals surface area contributed by atoms with Crippen molar-refractivity contribution in [3.05, 3.63) is 52.4 Å². The number of aliphatic hydroxyl groups excluding tert-OH is 1. The van der Waals surface area contributed by atoms with Gasteiger partial charge in [0.25, 0.3) is 5.91 Å². The van der Waals surface area contributed by atoms with E-state index in [1.807, 2.05) is 38.1 Å². The van der Waals surface area contributed by atoms with Crippen LogP contribution in [-0.4, -0.2) is 76.7 Å². The van der Waals surface area contributed by atoms with E-state index in [0.29, 0.717) is 18.7 Å². The summed E-state index contributed by atoms with van der Waals surface area (Å²) in [6.07, 6.45) is 1.33. The number of amides is 1. The first-order valence-electron chi connectivity index (χ1n) is 11.1. The van der Waals surface area contributed by atoms with Crippen molar-refractivity contribution >= 4 is 23.3 Å². The number of aromatic nitrogens is 2. The Kier molecular flexibility index (Phi) is 9.11. The number of hydrogen-bond donors (Lipinski definition) is 2. The fraction of sp³-hybridized carbons (Fsp3) is 0.478. The molecule has 2 N–H and O–H groups in total. The number of hydrogen-bond acceptors (Lipinski definition) is 8. The molecule has 0 saturated carbocycles. The number of benzene rings is 1. The predicted octanol–water partition coefficient (Wildman–Crippen LogP) is 1.92. The van der Waals surface area contributed by atoms with E-state index in [2.05, 4.69) is 25.2 Å². The van der Waals surface area contributed by atoms with Gasteiger partial charge in [0.2, 0.25) is 5.82 Å². The van der Waals surface area contributed by atoms with Crippen LogP contribution in [0.3, 0.4) is 0 Å². The number of carbonyl (C=O) groups excluding carboxylic acids is 1. The summed E-state index contributed by atoms with van der Waals surface area (Å²) in [4.78, 5) is 26.1. The average Bonchev–Trinajstić information content (AvgIpc) is 2.81. The zero-order valence-electron chi connectivity index (χ0n) is 19.0. The SMILES string of the molecule is CC(C)CNN(C(=O)c1cccc(CN2CCN(CCO)CC2)c1)c1nc(C#N)ncc1Cl. The summed E-state index contributed by atoms with van der Waals surface area (Å²) in [6.45, 7) is 9.85. The molecule has 1 fully saturated rings. The van der Waals surface area contributed by atoms with E-state index in [1.165, 1.54) is 11.2 Å². The molecule has 176 valence electrons. The van der Waals surface area contributed by atoms with E-state index in [0.717, 1.165) is 38.3 Å². The number of nitriles is 1. The van der Waals surface area contributed by atoms with Gasteiger partial charge in [-0.2, -0.15) is 10.2 Å². The van der Waals surface area contributed by atoms with Gasteiger partial charge in [-0.25, -0.2) is 15.4 Å². The summed E-state index contributed by atoms with van der Waals surface area (Å²) in [7, 11) is 0. The van der Waals surface area contributed by atoms with E-state index >= 15 is 0 Å². The largest absolute Gasteiger partial charge is 0.395 e. The first-order chi connectivity index (χ1) is 15.9. The summed E-state index contributed by atoms with van der Waals surface area (Å²) < 4.78 is 0. The van der Waals surface area contributed by atoms with Crippen LogP contribution in [0.4, 0.5) is 5.82 Å². The van der Waals surface area contributed by atoms with Crippen molar-refractivity contribution in [1.82, 2.24) is 25.2 Å². The molecule has 10 heteroatoms. The van der Waals surface area contributed by atoms with Gasteiger partial charge in [0, 0.05) is 51.4 Å². The summed E-state index contributed by atoms with van der Waals surface area (Å²) in [5, 5.41) is 19.8. The molecule has 0 radical (unpaired) electrons. The highest BCUT2D eigenvalue weighted by Crippen LogP contribution is 2.23. The van der Waals surface area contributed by atoms with Gasteiger partial charge >= 0.3 is 0 Å². The van der Waals surface area contributed by atoms with Crippen LogP contribution < -0.4 is 10.4 Å². The molecule has 1 amide bonds. The Morgan fingerprint density at radius 1 is 1.30 bits per heavy atom. The van der Waals surface area contributed by atoms with Crippen molar-refractivity contribution < 1.29 is 9.90 Å². The number of β-amino-alcohol motifs (C(OH)–C–C–N with tert-alkyl or cyclic N) is 1. The fourth-order valence-corrected chi connectivity index (χ4v) is 3.76. The Labute approximate surface area is 199 Å². The predicted molar refractivity (Wildman–Crippen MR) is 127 cm³/mol. The number of carbonyl (C=O) groups is 1. The minimum Gasteiger partial charge on any atom is -0.395 e. The van der Waals surface area contributed by atoms with Crippen LogP contribution in [-0.2, 0) is 6.54 Å². The van der Waals surface area contributed by atoms with Crippen molar-refractivity contribution in [2.24, 2.45) is 5.92 Å². The monoisotopic (exact) mass is 471 g/mol. The normalized spacial score (nSPS) is 14.9. The minimum atomic E-state index is -0.310. The van der Waals surface area contributed by atoms with Gasteiger partial charge in [-0.15, -0.1) is 0 Å². The second-order valence-corrected chi connectivity index (χ2v) is 8.82. The van der Waals surface area contributed by atoms with E-state index in [9.17, 15) is 10.1 Å². The lowest BCUT2D eigenvalue weighted by Crippen LogP contribution is -2.46. The fourth-order valence-electron chi connectivity index (χ4n) is 3.59. The minimum absolute atomic E-state index is 0.0624. The highest BCUT2D eigenvalue weighted by Gasteiger charge is 2.24. The summed E-state index contributed by atoms with van der Waals surface area (Å²) >= 11 is 6.29. The van der Waals surface area contributed by atoms with Crippen molar-refractivity contribution in [3.63, 3.8) is 0 Å². The molecule has 3 rings (SSSR count). The third kappa shape index (κ3) is 6.93. The van der Waals surface area contributed by atoms with E-state index in [4.69, 9.17) is 16.7 Å². The second-order valence-electron chi connectivity index (χ2n) is 8.42. The summed E-state index contributed by atoms with van der Waals surface area (Å²) in [5.74, 6) is 0.0499. The number of nitrogens with one attached hydrogen (secondary N) is 1. The first kappa shape index (κ1) is 25.0. The average molecular weight is 472 g/mol. The van der Waals surface area contributed by atoms with Gasteiger partial charge in [-0.1, -0.05) is 37.6 Å². The summed E-state index contributed by atoms with van der Waals surface area (Å²) in [6, 6.07) is 9.41. The maximum atomic E-state index is 13.5. The number of anilines is 1. The second kappa shape index (κ2) is 12.0. The van der Waals surface area contributed by atoms with Gasteiger partial charge in [0.15, 0.2) is 5.82 Å². The number of hydrazine groups is 1. The molecule has 9 nitrogen and oxygen atoms in total. The smallest absolute Gasteiger partial charge is 0.274 e. The van der Waals surface area contributed by atoms with Crippen LogP contribution in [0.1, 0.15) is 35.6 Å². The van der Waals surface area contributed by atoms with Gasteiger partial charge < -0.3 is 5.11 Å². The molecule has 1 aliphatic rings. The van der Waals surface area contributed by atoms with Crippen molar-refractivity contribution in [2.75, 3.05) is 50.9 Å². The zero-order valence-corrected chi connectivity index (χ0v) is 19.8. The van der Waals surface area contributed by atoms with Crippen LogP contribution in [0, 0.1) is 17.2 Å².